The summed E-state index contributed by atoms with van der Waals surface area (Å²) in [5.74, 6) is 1.89. The third-order valence-electron chi connectivity index (χ3n) is 5.61. The van der Waals surface area contributed by atoms with E-state index < -0.39 is 0 Å². The summed E-state index contributed by atoms with van der Waals surface area (Å²) >= 11 is 1.43. The Balaban J connectivity index is 1.80. The highest BCUT2D eigenvalue weighted by atomic mass is 32.2. The van der Waals surface area contributed by atoms with E-state index in [1.165, 1.54) is 11.8 Å². The fraction of sp³-hybridized carbons (Fsp3) is 0.524. The van der Waals surface area contributed by atoms with E-state index in [4.69, 9.17) is 14.2 Å². The lowest BCUT2D eigenvalue weighted by Gasteiger charge is -2.36. The molecule has 2 aliphatic heterocycles. The maximum Gasteiger partial charge on any atom is 0.270 e. The van der Waals surface area contributed by atoms with E-state index in [1.807, 2.05) is 36.7 Å². The van der Waals surface area contributed by atoms with E-state index >= 15 is 0 Å². The number of methoxy groups -OCH3 is 2. The van der Waals surface area contributed by atoms with E-state index in [1.54, 1.807) is 14.2 Å². The smallest absolute Gasteiger partial charge is 0.270 e. The third-order valence-corrected chi connectivity index (χ3v) is 6.88. The predicted octanol–water partition coefficient (Wildman–Crippen LogP) is 3.10. The van der Waals surface area contributed by atoms with E-state index in [0.717, 1.165) is 18.4 Å². The van der Waals surface area contributed by atoms with E-state index in [2.05, 4.69) is 10.4 Å². The number of nitrogens with zero attached hydrogens (tertiary/aromatic N) is 1. The first kappa shape index (κ1) is 20.9. The summed E-state index contributed by atoms with van der Waals surface area (Å²) in [6.07, 6.45) is 1.51. The summed E-state index contributed by atoms with van der Waals surface area (Å²) in [6, 6.07) is 5.64. The SMILES string of the molecule is COc1ccc([C@H]2SCC(=O)Nc3c2c(=O)[nH]n3[C@H]2CCOC(C)(C)C2)cc1OC. The Morgan fingerprint density at radius 2 is 1.97 bits per heavy atom. The van der Waals surface area contributed by atoms with Crippen LogP contribution in [-0.2, 0) is 9.53 Å². The summed E-state index contributed by atoms with van der Waals surface area (Å²) in [4.78, 5) is 25.6. The van der Waals surface area contributed by atoms with Crippen molar-refractivity contribution in [3.8, 4) is 11.5 Å². The molecule has 1 aromatic carbocycles. The molecular formula is C21H27N3O5S. The van der Waals surface area contributed by atoms with Gasteiger partial charge in [0.25, 0.3) is 5.56 Å². The lowest BCUT2D eigenvalue weighted by atomic mass is 9.94. The lowest BCUT2D eigenvalue weighted by Crippen LogP contribution is -2.36. The molecule has 4 rings (SSSR count). The van der Waals surface area contributed by atoms with E-state index in [-0.39, 0.29) is 34.1 Å². The van der Waals surface area contributed by atoms with Crippen molar-refractivity contribution in [2.24, 2.45) is 0 Å². The number of amides is 1. The molecule has 0 saturated carbocycles. The number of anilines is 1. The van der Waals surface area contributed by atoms with Crippen molar-refractivity contribution in [2.45, 2.75) is 43.6 Å². The van der Waals surface area contributed by atoms with Crippen molar-refractivity contribution in [2.75, 3.05) is 31.9 Å². The van der Waals surface area contributed by atoms with Crippen LogP contribution in [0.25, 0.3) is 0 Å². The number of hydrogen-bond acceptors (Lipinski definition) is 6. The Morgan fingerprint density at radius 1 is 1.20 bits per heavy atom. The zero-order chi connectivity index (χ0) is 21.5. The average molecular weight is 434 g/mol. The number of thioether (sulfide) groups is 1. The topological polar surface area (TPSA) is 94.6 Å². The zero-order valence-electron chi connectivity index (χ0n) is 17.6. The van der Waals surface area contributed by atoms with Crippen LogP contribution in [0.2, 0.25) is 0 Å². The van der Waals surface area contributed by atoms with Gasteiger partial charge in [-0.25, -0.2) is 0 Å². The lowest BCUT2D eigenvalue weighted by molar-refractivity contribution is -0.113. The van der Waals surface area contributed by atoms with Crippen LogP contribution in [0, 0.1) is 0 Å². The Bertz CT molecular complexity index is 1010. The molecule has 162 valence electrons. The van der Waals surface area contributed by atoms with Gasteiger partial charge >= 0.3 is 0 Å². The maximum atomic E-state index is 13.1. The minimum atomic E-state index is -0.309. The summed E-state index contributed by atoms with van der Waals surface area (Å²) in [5, 5.41) is 5.64. The van der Waals surface area contributed by atoms with Crippen LogP contribution in [0.4, 0.5) is 5.82 Å². The molecule has 30 heavy (non-hydrogen) atoms. The summed E-state index contributed by atoms with van der Waals surface area (Å²) < 4.78 is 18.4. The molecule has 2 aliphatic rings. The monoisotopic (exact) mass is 433 g/mol. The fourth-order valence-electron chi connectivity index (χ4n) is 4.22. The van der Waals surface area contributed by atoms with E-state index in [0.29, 0.717) is 29.5 Å². The summed E-state index contributed by atoms with van der Waals surface area (Å²) in [6.45, 7) is 4.69. The minimum absolute atomic E-state index is 0.0413. The van der Waals surface area contributed by atoms with Crippen molar-refractivity contribution in [1.29, 1.82) is 0 Å². The minimum Gasteiger partial charge on any atom is -0.493 e. The molecule has 1 aromatic heterocycles. The molecule has 0 spiro atoms. The second-order valence-corrected chi connectivity index (χ2v) is 9.28. The molecule has 2 atom stereocenters. The molecule has 0 aliphatic carbocycles. The highest BCUT2D eigenvalue weighted by molar-refractivity contribution is 8.00. The number of benzene rings is 1. The van der Waals surface area contributed by atoms with Crippen molar-refractivity contribution in [3.05, 3.63) is 39.7 Å². The van der Waals surface area contributed by atoms with Gasteiger partial charge in [-0.2, -0.15) is 0 Å². The van der Waals surface area contributed by atoms with Gasteiger partial charge in [-0.05, 0) is 44.4 Å². The van der Waals surface area contributed by atoms with Gasteiger partial charge in [0.05, 0.1) is 42.4 Å². The number of ether oxygens (including phenoxy) is 3. The Hall–Kier alpha value is -2.39. The number of hydrogen-bond donors (Lipinski definition) is 2. The van der Waals surface area contributed by atoms with Gasteiger partial charge in [-0.3, -0.25) is 19.4 Å². The second-order valence-electron chi connectivity index (χ2n) is 8.18. The Labute approximate surface area is 179 Å². The van der Waals surface area contributed by atoms with Crippen LogP contribution >= 0.6 is 11.8 Å². The molecule has 2 aromatic rings. The summed E-state index contributed by atoms with van der Waals surface area (Å²) in [7, 11) is 3.16. The number of carbonyl (C=O) groups excluding carboxylic acids is 1. The number of carbonyl (C=O) groups is 1. The molecule has 8 nitrogen and oxygen atoms in total. The molecule has 2 N–H and O–H groups in total. The fourth-order valence-corrected chi connectivity index (χ4v) is 5.33. The number of H-pyrrole nitrogens is 1. The Kier molecular flexibility index (Phi) is 5.59. The van der Waals surface area contributed by atoms with Crippen molar-refractivity contribution < 1.29 is 19.0 Å². The standard InChI is InChI=1S/C21H27N3O5S/c1-21(2)10-13(7-8-29-21)24-19-17(20(26)23-24)18(30-11-16(25)22-19)12-5-6-14(27-3)15(9-12)28-4/h5-6,9,13,18H,7-8,10-11H2,1-4H3,(H,22,25)(H,23,26)/t13-,18+/m0/s1. The number of aromatic nitrogens is 2. The van der Waals surface area contributed by atoms with Gasteiger partial charge in [0, 0.05) is 6.61 Å². The van der Waals surface area contributed by atoms with Gasteiger partial charge < -0.3 is 19.5 Å². The van der Waals surface area contributed by atoms with Gasteiger partial charge in [0.2, 0.25) is 5.91 Å². The normalized spacial score (nSPS) is 23.3. The number of aromatic amines is 1. The predicted molar refractivity (Wildman–Crippen MR) is 116 cm³/mol. The first-order chi connectivity index (χ1) is 14.3. The maximum absolute atomic E-state index is 13.1. The van der Waals surface area contributed by atoms with Crippen molar-refractivity contribution in [1.82, 2.24) is 9.78 Å². The molecule has 0 radical (unpaired) electrons. The molecular weight excluding hydrogens is 406 g/mol. The quantitative estimate of drug-likeness (QED) is 0.770. The average Bonchev–Trinajstić information content (AvgIpc) is 2.92. The van der Waals surface area contributed by atoms with Crippen LogP contribution in [0.15, 0.2) is 23.0 Å². The van der Waals surface area contributed by atoms with Crippen LogP contribution in [0.1, 0.15) is 49.1 Å². The highest BCUT2D eigenvalue weighted by Crippen LogP contribution is 2.44. The molecule has 1 saturated heterocycles. The molecule has 9 heteroatoms. The van der Waals surface area contributed by atoms with Crippen LogP contribution in [0.3, 0.4) is 0 Å². The first-order valence-corrected chi connectivity index (χ1v) is 11.0. The first-order valence-electron chi connectivity index (χ1n) is 9.94. The number of nitrogens with one attached hydrogen (secondary N) is 2. The van der Waals surface area contributed by atoms with Crippen LogP contribution in [0.5, 0.6) is 11.5 Å². The largest absolute Gasteiger partial charge is 0.493 e. The van der Waals surface area contributed by atoms with Gasteiger partial charge in [0.15, 0.2) is 11.5 Å². The molecule has 1 fully saturated rings. The second kappa shape index (κ2) is 8.03. The van der Waals surface area contributed by atoms with Gasteiger partial charge in [0.1, 0.15) is 5.82 Å². The van der Waals surface area contributed by atoms with Crippen molar-refractivity contribution in [3.63, 3.8) is 0 Å². The number of rotatable bonds is 4. The van der Waals surface area contributed by atoms with Gasteiger partial charge in [-0.15, -0.1) is 11.8 Å². The summed E-state index contributed by atoms with van der Waals surface area (Å²) in [5.41, 5.74) is 0.959. The molecule has 1 amide bonds. The van der Waals surface area contributed by atoms with Crippen LogP contribution < -0.4 is 20.3 Å². The van der Waals surface area contributed by atoms with E-state index in [9.17, 15) is 9.59 Å². The van der Waals surface area contributed by atoms with Crippen LogP contribution in [-0.4, -0.2) is 47.9 Å². The van der Waals surface area contributed by atoms with Crippen molar-refractivity contribution >= 4 is 23.5 Å². The Morgan fingerprint density at radius 3 is 2.67 bits per heavy atom. The highest BCUT2D eigenvalue weighted by Gasteiger charge is 2.36. The molecule has 0 unspecified atom stereocenters. The van der Waals surface area contributed by atoms with Gasteiger partial charge in [-0.1, -0.05) is 6.07 Å². The number of fused-ring (bicyclic) bond motifs is 1. The molecule has 0 bridgehead atoms. The molecule has 3 heterocycles. The third kappa shape index (κ3) is 3.83. The zero-order valence-corrected chi connectivity index (χ0v) is 18.4.